The topological polar surface area (TPSA) is 73.8 Å². The molecule has 0 aliphatic carbocycles. The molecule has 0 bridgehead atoms. The molecule has 29 heavy (non-hydrogen) atoms. The standard InChI is InChI=1S/C21H17ClF2N4O/c1-11-6-18-21(25-10-11)28-20(27-18)15-9-14(4-5-16(15)22)26-19(29)7-12-2-3-13(23)8-17(12)24/h2-6,8-10,19,26,29H,7H2,1H3,(H,25,27,28). The maximum Gasteiger partial charge on any atom is 0.178 e. The van der Waals surface area contributed by atoms with Gasteiger partial charge in [0.15, 0.2) is 5.65 Å². The van der Waals surface area contributed by atoms with Gasteiger partial charge in [0.2, 0.25) is 0 Å². The van der Waals surface area contributed by atoms with Crippen molar-refractivity contribution in [1.29, 1.82) is 0 Å². The maximum atomic E-state index is 13.8. The fraction of sp³-hybridized carbons (Fsp3) is 0.143. The van der Waals surface area contributed by atoms with Crippen LogP contribution in [-0.2, 0) is 6.42 Å². The summed E-state index contributed by atoms with van der Waals surface area (Å²) in [5.41, 5.74) is 3.79. The van der Waals surface area contributed by atoms with Crippen LogP contribution in [0.25, 0.3) is 22.6 Å². The predicted octanol–water partition coefficient (Wildman–Crippen LogP) is 4.84. The Morgan fingerprint density at radius 3 is 2.79 bits per heavy atom. The number of rotatable bonds is 5. The summed E-state index contributed by atoms with van der Waals surface area (Å²) in [6, 6.07) is 10.3. The highest BCUT2D eigenvalue weighted by atomic mass is 35.5. The van der Waals surface area contributed by atoms with Crippen LogP contribution >= 0.6 is 11.6 Å². The second kappa shape index (κ2) is 7.77. The number of hydrogen-bond acceptors (Lipinski definition) is 4. The number of H-pyrrole nitrogens is 1. The highest BCUT2D eigenvalue weighted by molar-refractivity contribution is 6.33. The Bertz CT molecular complexity index is 1190. The third-order valence-electron chi connectivity index (χ3n) is 4.46. The number of nitrogens with one attached hydrogen (secondary N) is 2. The van der Waals surface area contributed by atoms with Crippen LogP contribution in [0.5, 0.6) is 0 Å². The van der Waals surface area contributed by atoms with E-state index in [4.69, 9.17) is 11.6 Å². The van der Waals surface area contributed by atoms with Gasteiger partial charge < -0.3 is 15.4 Å². The average Bonchev–Trinajstić information content (AvgIpc) is 3.08. The molecule has 3 N–H and O–H groups in total. The SMILES string of the molecule is Cc1cnc2nc(-c3cc(NC(O)Cc4ccc(F)cc4F)ccc3Cl)[nH]c2c1. The van der Waals surface area contributed by atoms with Crippen molar-refractivity contribution in [1.82, 2.24) is 15.0 Å². The van der Waals surface area contributed by atoms with Gasteiger partial charge in [-0.25, -0.2) is 18.7 Å². The normalized spacial score (nSPS) is 12.3. The maximum absolute atomic E-state index is 13.8. The monoisotopic (exact) mass is 414 g/mol. The highest BCUT2D eigenvalue weighted by Gasteiger charge is 2.14. The fourth-order valence-corrected chi connectivity index (χ4v) is 3.27. The first-order chi connectivity index (χ1) is 13.9. The Morgan fingerprint density at radius 1 is 1.17 bits per heavy atom. The second-order valence-corrected chi connectivity index (χ2v) is 7.17. The van der Waals surface area contributed by atoms with Crippen LogP contribution in [-0.4, -0.2) is 26.3 Å². The number of nitrogens with zero attached hydrogens (tertiary/aromatic N) is 2. The van der Waals surface area contributed by atoms with Crippen molar-refractivity contribution in [2.75, 3.05) is 5.32 Å². The Hall–Kier alpha value is -3.03. The summed E-state index contributed by atoms with van der Waals surface area (Å²) in [5, 5.41) is 13.7. The number of hydrogen-bond donors (Lipinski definition) is 3. The van der Waals surface area contributed by atoms with E-state index in [0.717, 1.165) is 23.2 Å². The van der Waals surface area contributed by atoms with Gasteiger partial charge in [0.1, 0.15) is 23.7 Å². The predicted molar refractivity (Wildman–Crippen MR) is 109 cm³/mol. The fourth-order valence-electron chi connectivity index (χ4n) is 3.07. The molecule has 0 amide bonds. The lowest BCUT2D eigenvalue weighted by atomic mass is 10.1. The first kappa shape index (κ1) is 19.3. The number of imidazole rings is 1. The number of fused-ring (bicyclic) bond motifs is 1. The zero-order valence-corrected chi connectivity index (χ0v) is 16.1. The number of aryl methyl sites for hydroxylation is 1. The van der Waals surface area contributed by atoms with Gasteiger partial charge in [0, 0.05) is 29.9 Å². The van der Waals surface area contributed by atoms with Crippen molar-refractivity contribution in [2.24, 2.45) is 0 Å². The minimum atomic E-state index is -1.08. The van der Waals surface area contributed by atoms with Crippen LogP contribution in [0.4, 0.5) is 14.5 Å². The average molecular weight is 415 g/mol. The molecule has 4 rings (SSSR count). The minimum Gasteiger partial charge on any atom is -0.373 e. The van der Waals surface area contributed by atoms with Gasteiger partial charge in [-0.3, -0.25) is 0 Å². The second-order valence-electron chi connectivity index (χ2n) is 6.76. The van der Waals surface area contributed by atoms with Gasteiger partial charge in [0.05, 0.1) is 10.5 Å². The molecule has 148 valence electrons. The zero-order chi connectivity index (χ0) is 20.5. The van der Waals surface area contributed by atoms with Gasteiger partial charge in [-0.2, -0.15) is 0 Å². The van der Waals surface area contributed by atoms with E-state index >= 15 is 0 Å². The van der Waals surface area contributed by atoms with Crippen LogP contribution in [0.15, 0.2) is 48.7 Å². The third kappa shape index (κ3) is 4.21. The summed E-state index contributed by atoms with van der Waals surface area (Å²) >= 11 is 6.34. The van der Waals surface area contributed by atoms with Gasteiger partial charge >= 0.3 is 0 Å². The van der Waals surface area contributed by atoms with Crippen molar-refractivity contribution in [3.63, 3.8) is 0 Å². The number of halogens is 3. The largest absolute Gasteiger partial charge is 0.373 e. The Balaban J connectivity index is 1.57. The zero-order valence-electron chi connectivity index (χ0n) is 15.4. The lowest BCUT2D eigenvalue weighted by Gasteiger charge is -2.16. The number of aliphatic hydroxyl groups is 1. The first-order valence-corrected chi connectivity index (χ1v) is 9.27. The molecular formula is C21H17ClF2N4O. The quantitative estimate of drug-likeness (QED) is 0.409. The van der Waals surface area contributed by atoms with E-state index in [1.807, 2.05) is 13.0 Å². The van der Waals surface area contributed by atoms with Crippen LogP contribution in [0, 0.1) is 18.6 Å². The molecule has 5 nitrogen and oxygen atoms in total. The van der Waals surface area contributed by atoms with E-state index in [0.29, 0.717) is 27.7 Å². The minimum absolute atomic E-state index is 0.0299. The van der Waals surface area contributed by atoms with Crippen molar-refractivity contribution >= 4 is 28.5 Å². The van der Waals surface area contributed by atoms with E-state index in [-0.39, 0.29) is 12.0 Å². The van der Waals surface area contributed by atoms with Crippen molar-refractivity contribution in [3.05, 3.63) is 76.4 Å². The van der Waals surface area contributed by atoms with Gasteiger partial charge in [-0.1, -0.05) is 17.7 Å². The van der Waals surface area contributed by atoms with Crippen LogP contribution < -0.4 is 5.32 Å². The number of aromatic amines is 1. The summed E-state index contributed by atoms with van der Waals surface area (Å²) < 4.78 is 26.8. The molecule has 0 saturated heterocycles. The van der Waals surface area contributed by atoms with E-state index in [2.05, 4.69) is 20.3 Å². The van der Waals surface area contributed by atoms with Crippen molar-refractivity contribution < 1.29 is 13.9 Å². The van der Waals surface area contributed by atoms with Gasteiger partial charge in [-0.15, -0.1) is 0 Å². The van der Waals surface area contributed by atoms with E-state index in [1.165, 1.54) is 6.07 Å². The van der Waals surface area contributed by atoms with E-state index in [9.17, 15) is 13.9 Å². The molecule has 0 saturated carbocycles. The summed E-state index contributed by atoms with van der Waals surface area (Å²) in [5.74, 6) is -0.815. The Morgan fingerprint density at radius 2 is 2.00 bits per heavy atom. The molecule has 0 radical (unpaired) electrons. The molecule has 2 heterocycles. The summed E-state index contributed by atoms with van der Waals surface area (Å²) in [7, 11) is 0. The number of benzene rings is 2. The van der Waals surface area contributed by atoms with Crippen molar-refractivity contribution in [3.8, 4) is 11.4 Å². The number of aliphatic hydroxyl groups excluding tert-OH is 1. The van der Waals surface area contributed by atoms with Gasteiger partial charge in [-0.05, 0) is 48.4 Å². The van der Waals surface area contributed by atoms with E-state index in [1.54, 1.807) is 24.4 Å². The lowest BCUT2D eigenvalue weighted by molar-refractivity contribution is 0.202. The van der Waals surface area contributed by atoms with Crippen LogP contribution in [0.2, 0.25) is 5.02 Å². The summed E-state index contributed by atoms with van der Waals surface area (Å²) in [6.45, 7) is 1.94. The summed E-state index contributed by atoms with van der Waals surface area (Å²) in [4.78, 5) is 11.9. The van der Waals surface area contributed by atoms with Crippen molar-refractivity contribution in [2.45, 2.75) is 19.6 Å². The molecule has 8 heteroatoms. The molecule has 4 aromatic rings. The molecule has 1 atom stereocenters. The smallest absolute Gasteiger partial charge is 0.178 e. The lowest BCUT2D eigenvalue weighted by Crippen LogP contribution is -2.22. The first-order valence-electron chi connectivity index (χ1n) is 8.90. The van der Waals surface area contributed by atoms with Gasteiger partial charge in [0.25, 0.3) is 0 Å². The van der Waals surface area contributed by atoms with Crippen LogP contribution in [0.3, 0.4) is 0 Å². The third-order valence-corrected chi connectivity index (χ3v) is 4.79. The number of aromatic nitrogens is 3. The molecule has 0 aliphatic rings. The Kier molecular flexibility index (Phi) is 5.17. The molecule has 2 aromatic carbocycles. The summed E-state index contributed by atoms with van der Waals surface area (Å²) in [6.07, 6.45) is 0.624. The molecule has 1 unspecified atom stereocenters. The highest BCUT2D eigenvalue weighted by Crippen LogP contribution is 2.30. The number of anilines is 1. The molecule has 2 aromatic heterocycles. The molecule has 0 aliphatic heterocycles. The molecule has 0 fully saturated rings. The molecular weight excluding hydrogens is 398 g/mol. The Labute approximate surface area is 170 Å². The van der Waals surface area contributed by atoms with E-state index < -0.39 is 17.9 Å². The van der Waals surface area contributed by atoms with Crippen LogP contribution in [0.1, 0.15) is 11.1 Å². The molecule has 0 spiro atoms. The number of pyridine rings is 1.